The summed E-state index contributed by atoms with van der Waals surface area (Å²) in [5.74, 6) is -2.62. The van der Waals surface area contributed by atoms with Crippen molar-refractivity contribution in [1.82, 2.24) is 20.2 Å². The Balaban J connectivity index is 1.41. The Labute approximate surface area is 186 Å². The molecule has 2 aromatic rings. The second-order valence-electron chi connectivity index (χ2n) is 8.98. The molecule has 2 aliphatic carbocycles. The zero-order valence-corrected chi connectivity index (χ0v) is 18.4. The molecule has 2 saturated carbocycles. The number of nitrogens with one attached hydrogen (secondary N) is 1. The summed E-state index contributed by atoms with van der Waals surface area (Å²) in [7, 11) is 3.96. The Kier molecular flexibility index (Phi) is 6.36. The highest BCUT2D eigenvalue weighted by Crippen LogP contribution is 2.53. The number of primary amides is 1. The van der Waals surface area contributed by atoms with Crippen molar-refractivity contribution in [1.29, 1.82) is 0 Å². The number of aromatic nitrogens is 2. The molecule has 5 unspecified atom stereocenters. The van der Waals surface area contributed by atoms with Crippen molar-refractivity contribution in [3.8, 4) is 0 Å². The van der Waals surface area contributed by atoms with E-state index in [2.05, 4.69) is 20.2 Å². The van der Waals surface area contributed by atoms with Crippen LogP contribution in [0.3, 0.4) is 0 Å². The fourth-order valence-corrected chi connectivity index (χ4v) is 5.18. The molecule has 0 saturated heterocycles. The van der Waals surface area contributed by atoms with Gasteiger partial charge in [-0.05, 0) is 58.0 Å². The molecular formula is C23H29N5O4. The van der Waals surface area contributed by atoms with Crippen LogP contribution in [0.4, 0.5) is 0 Å². The third-order valence-corrected chi connectivity index (χ3v) is 6.57. The Bertz CT molecular complexity index is 1030. The van der Waals surface area contributed by atoms with Gasteiger partial charge in [0.05, 0.1) is 29.1 Å². The number of carbonyl (C=O) groups excluding carboxylic acids is 3. The molecule has 0 spiro atoms. The standard InChI is InChI=1S/C23H29N5O4/c1-28(2)9-5-8-25-22(30)19-13-10-14(20(19)21(24)29)18(11-13)32-23(31)17-12-26-15-6-3-4-7-16(15)27-17/h3-4,6-7,12-14,18-20H,5,8-11H2,1-2H3,(H2,24,29)(H,25,30). The van der Waals surface area contributed by atoms with Crippen molar-refractivity contribution in [2.45, 2.75) is 25.4 Å². The van der Waals surface area contributed by atoms with Crippen LogP contribution in [-0.2, 0) is 14.3 Å². The molecule has 3 N–H and O–H groups in total. The van der Waals surface area contributed by atoms with Gasteiger partial charge in [0, 0.05) is 12.5 Å². The van der Waals surface area contributed by atoms with Gasteiger partial charge >= 0.3 is 5.97 Å². The summed E-state index contributed by atoms with van der Waals surface area (Å²) >= 11 is 0. The molecule has 2 aliphatic rings. The number of benzene rings is 1. The average molecular weight is 440 g/mol. The highest BCUT2D eigenvalue weighted by molar-refractivity contribution is 5.90. The molecule has 2 fully saturated rings. The molecular weight excluding hydrogens is 410 g/mol. The fraction of sp³-hybridized carbons (Fsp3) is 0.522. The van der Waals surface area contributed by atoms with E-state index >= 15 is 0 Å². The Morgan fingerprint density at radius 2 is 1.91 bits per heavy atom. The molecule has 9 heteroatoms. The minimum absolute atomic E-state index is 0.0353. The molecule has 9 nitrogen and oxygen atoms in total. The lowest BCUT2D eigenvalue weighted by molar-refractivity contribution is -0.137. The number of hydrogen-bond donors (Lipinski definition) is 2. The average Bonchev–Trinajstić information content (AvgIpc) is 3.34. The van der Waals surface area contributed by atoms with E-state index in [9.17, 15) is 14.4 Å². The highest BCUT2D eigenvalue weighted by atomic mass is 16.5. The van der Waals surface area contributed by atoms with Crippen molar-refractivity contribution < 1.29 is 19.1 Å². The number of nitrogens with zero attached hydrogens (tertiary/aromatic N) is 3. The van der Waals surface area contributed by atoms with E-state index in [1.807, 2.05) is 32.3 Å². The molecule has 2 bridgehead atoms. The van der Waals surface area contributed by atoms with E-state index in [-0.39, 0.29) is 23.4 Å². The van der Waals surface area contributed by atoms with Gasteiger partial charge in [0.15, 0.2) is 5.69 Å². The van der Waals surface area contributed by atoms with E-state index < -0.39 is 29.8 Å². The van der Waals surface area contributed by atoms with Gasteiger partial charge in [-0.1, -0.05) is 12.1 Å². The molecule has 0 aliphatic heterocycles. The SMILES string of the molecule is CN(C)CCCNC(=O)C1C2CC(OC(=O)c3cnc4ccccc4n3)C(C2)C1C(N)=O. The van der Waals surface area contributed by atoms with Crippen LogP contribution in [0.1, 0.15) is 29.8 Å². The van der Waals surface area contributed by atoms with E-state index in [1.165, 1.54) is 6.20 Å². The molecule has 170 valence electrons. The zero-order valence-electron chi connectivity index (χ0n) is 18.4. The number of ether oxygens (including phenoxy) is 1. The quantitative estimate of drug-likeness (QED) is 0.464. The maximum absolute atomic E-state index is 12.8. The lowest BCUT2D eigenvalue weighted by atomic mass is 9.77. The number of fused-ring (bicyclic) bond motifs is 3. The molecule has 0 radical (unpaired) electrons. The lowest BCUT2D eigenvalue weighted by Gasteiger charge is -2.32. The minimum Gasteiger partial charge on any atom is -0.457 e. The van der Waals surface area contributed by atoms with Crippen LogP contribution in [-0.4, -0.2) is 65.9 Å². The molecule has 1 aromatic carbocycles. The third-order valence-electron chi connectivity index (χ3n) is 6.57. The van der Waals surface area contributed by atoms with Crippen LogP contribution in [0.15, 0.2) is 30.5 Å². The van der Waals surface area contributed by atoms with E-state index in [0.717, 1.165) is 13.0 Å². The van der Waals surface area contributed by atoms with Crippen LogP contribution < -0.4 is 11.1 Å². The normalized spacial score (nSPS) is 26.4. The largest absolute Gasteiger partial charge is 0.457 e. The maximum atomic E-state index is 12.8. The van der Waals surface area contributed by atoms with Crippen molar-refractivity contribution >= 4 is 28.8 Å². The van der Waals surface area contributed by atoms with Crippen molar-refractivity contribution in [3.63, 3.8) is 0 Å². The molecule has 32 heavy (non-hydrogen) atoms. The first-order valence-corrected chi connectivity index (χ1v) is 11.0. The van der Waals surface area contributed by atoms with Crippen LogP contribution >= 0.6 is 0 Å². The predicted molar refractivity (Wildman–Crippen MR) is 117 cm³/mol. The first kappa shape index (κ1) is 22.1. The van der Waals surface area contributed by atoms with Gasteiger partial charge in [0.1, 0.15) is 6.10 Å². The number of hydrogen-bond acceptors (Lipinski definition) is 7. The van der Waals surface area contributed by atoms with Gasteiger partial charge in [-0.15, -0.1) is 0 Å². The van der Waals surface area contributed by atoms with Crippen molar-refractivity contribution in [2.24, 2.45) is 29.4 Å². The van der Waals surface area contributed by atoms with Crippen LogP contribution in [0.5, 0.6) is 0 Å². The van der Waals surface area contributed by atoms with Gasteiger partial charge in [-0.25, -0.2) is 9.78 Å². The van der Waals surface area contributed by atoms with E-state index in [1.54, 1.807) is 6.07 Å². The number of para-hydroxylation sites is 2. The molecule has 1 aromatic heterocycles. The third kappa shape index (κ3) is 4.43. The minimum atomic E-state index is -0.636. The van der Waals surface area contributed by atoms with Gasteiger partial charge in [0.2, 0.25) is 11.8 Å². The summed E-state index contributed by atoms with van der Waals surface area (Å²) in [5, 5.41) is 2.95. The van der Waals surface area contributed by atoms with Gasteiger partial charge < -0.3 is 20.7 Å². The highest BCUT2D eigenvalue weighted by Gasteiger charge is 2.58. The van der Waals surface area contributed by atoms with Crippen molar-refractivity contribution in [2.75, 3.05) is 27.2 Å². The van der Waals surface area contributed by atoms with Crippen LogP contribution in [0.25, 0.3) is 11.0 Å². The number of amides is 2. The number of rotatable bonds is 8. The van der Waals surface area contributed by atoms with Gasteiger partial charge in [-0.3, -0.25) is 14.6 Å². The summed E-state index contributed by atoms with van der Waals surface area (Å²) in [6, 6.07) is 7.27. The number of carbonyl (C=O) groups is 3. The number of nitrogens with two attached hydrogens (primary N) is 1. The summed E-state index contributed by atoms with van der Waals surface area (Å²) < 4.78 is 5.73. The van der Waals surface area contributed by atoms with E-state index in [0.29, 0.717) is 30.4 Å². The second kappa shape index (κ2) is 9.20. The Morgan fingerprint density at radius 3 is 2.62 bits per heavy atom. The molecule has 1 heterocycles. The maximum Gasteiger partial charge on any atom is 0.358 e. The Hall–Kier alpha value is -3.07. The first-order chi connectivity index (χ1) is 15.3. The Morgan fingerprint density at radius 1 is 1.16 bits per heavy atom. The summed E-state index contributed by atoms with van der Waals surface area (Å²) in [5.41, 5.74) is 7.11. The topological polar surface area (TPSA) is 128 Å². The van der Waals surface area contributed by atoms with E-state index in [4.69, 9.17) is 10.5 Å². The van der Waals surface area contributed by atoms with Crippen LogP contribution in [0.2, 0.25) is 0 Å². The van der Waals surface area contributed by atoms with Gasteiger partial charge in [0.25, 0.3) is 0 Å². The van der Waals surface area contributed by atoms with Gasteiger partial charge in [-0.2, -0.15) is 0 Å². The summed E-state index contributed by atoms with van der Waals surface area (Å²) in [6.07, 6.45) is 2.94. The van der Waals surface area contributed by atoms with Crippen LogP contribution in [0, 0.1) is 23.7 Å². The number of esters is 1. The summed E-state index contributed by atoms with van der Waals surface area (Å²) in [4.78, 5) is 48.4. The summed E-state index contributed by atoms with van der Waals surface area (Å²) in [6.45, 7) is 1.42. The fourth-order valence-electron chi connectivity index (χ4n) is 5.18. The van der Waals surface area contributed by atoms with Crippen molar-refractivity contribution in [3.05, 3.63) is 36.2 Å². The second-order valence-corrected chi connectivity index (χ2v) is 8.98. The monoisotopic (exact) mass is 439 g/mol. The lowest BCUT2D eigenvalue weighted by Crippen LogP contribution is -2.47. The zero-order chi connectivity index (χ0) is 22.8. The predicted octanol–water partition coefficient (Wildman–Crippen LogP) is 0.981. The smallest absolute Gasteiger partial charge is 0.358 e. The molecule has 5 atom stereocenters. The molecule has 2 amide bonds. The molecule has 4 rings (SSSR count). The first-order valence-electron chi connectivity index (χ1n) is 11.0.